The van der Waals surface area contributed by atoms with Crippen molar-refractivity contribution < 1.29 is 9.21 Å². The Balaban J connectivity index is 1.32. The Morgan fingerprint density at radius 1 is 0.882 bits per heavy atom. The van der Waals surface area contributed by atoms with Crippen molar-refractivity contribution in [3.05, 3.63) is 99.7 Å². The fourth-order valence-electron chi connectivity index (χ4n) is 3.32. The van der Waals surface area contributed by atoms with Gasteiger partial charge in [-0.3, -0.25) is 4.79 Å². The molecule has 3 aromatic carbocycles. The molecule has 0 fully saturated rings. The smallest absolute Gasteiger partial charge is 0.248 e. The molecule has 0 spiro atoms. The first-order valence-corrected chi connectivity index (χ1v) is 11.3. The lowest BCUT2D eigenvalue weighted by molar-refractivity contribution is -0.111. The zero-order valence-corrected chi connectivity index (χ0v) is 19.6. The normalized spacial score (nSPS) is 11.4. The molecule has 1 N–H and O–H groups in total. The first-order valence-electron chi connectivity index (χ1n) is 10.1. The van der Waals surface area contributed by atoms with Gasteiger partial charge in [0.05, 0.1) is 21.4 Å². The lowest BCUT2D eigenvalue weighted by Crippen LogP contribution is -2.08. The van der Waals surface area contributed by atoms with Gasteiger partial charge in [0, 0.05) is 16.7 Å². The van der Waals surface area contributed by atoms with Crippen molar-refractivity contribution >= 4 is 63.5 Å². The highest BCUT2D eigenvalue weighted by Crippen LogP contribution is 2.32. The van der Waals surface area contributed by atoms with Gasteiger partial charge in [-0.05, 0) is 60.7 Å². The Bertz CT molecular complexity index is 1540. The summed E-state index contributed by atoms with van der Waals surface area (Å²) in [6.45, 7) is 0. The van der Waals surface area contributed by atoms with E-state index in [-0.39, 0.29) is 5.91 Å². The van der Waals surface area contributed by atoms with Crippen molar-refractivity contribution in [1.29, 1.82) is 0 Å². The number of hydrogen-bond acceptors (Lipinski definition) is 4. The topological polar surface area (TPSA) is 73.0 Å². The molecule has 168 valence electrons. The second-order valence-corrected chi connectivity index (χ2v) is 8.55. The molecule has 0 saturated carbocycles. The fraction of sp³-hybridized carbons (Fsp3) is 0. The minimum Gasteiger partial charge on any atom is -0.457 e. The second-order valence-electron chi connectivity index (χ2n) is 7.29. The molecule has 0 atom stereocenters. The molecule has 0 aliphatic rings. The first kappa shape index (κ1) is 22.2. The molecule has 2 aromatic heterocycles. The molecule has 0 saturated heterocycles. The summed E-state index contributed by atoms with van der Waals surface area (Å²) in [4.78, 5) is 14.0. The van der Waals surface area contributed by atoms with Gasteiger partial charge in [-0.25, -0.2) is 0 Å². The molecule has 0 aliphatic heterocycles. The molecular formula is C25H15Cl3N4O2. The summed E-state index contributed by atoms with van der Waals surface area (Å²) in [7, 11) is 0. The number of nitrogens with zero attached hydrogens (tertiary/aromatic N) is 3. The number of aromatic nitrogens is 3. The van der Waals surface area contributed by atoms with Crippen LogP contribution in [-0.4, -0.2) is 20.9 Å². The number of anilines is 1. The van der Waals surface area contributed by atoms with Crippen molar-refractivity contribution in [1.82, 2.24) is 15.0 Å². The van der Waals surface area contributed by atoms with Crippen LogP contribution >= 0.6 is 34.8 Å². The largest absolute Gasteiger partial charge is 0.457 e. The Morgan fingerprint density at radius 2 is 1.65 bits per heavy atom. The summed E-state index contributed by atoms with van der Waals surface area (Å²) in [6.07, 6.45) is 2.91. The van der Waals surface area contributed by atoms with Crippen LogP contribution in [0.2, 0.25) is 15.1 Å². The summed E-state index contributed by atoms with van der Waals surface area (Å²) in [5.74, 6) is 0.680. The molecule has 0 bridgehead atoms. The minimum absolute atomic E-state index is 0.354. The molecule has 5 aromatic rings. The van der Waals surface area contributed by atoms with Gasteiger partial charge in [0.1, 0.15) is 22.6 Å². The summed E-state index contributed by atoms with van der Waals surface area (Å²) < 4.78 is 5.78. The van der Waals surface area contributed by atoms with Crippen molar-refractivity contribution in [3.63, 3.8) is 0 Å². The van der Waals surface area contributed by atoms with Crippen molar-refractivity contribution in [2.75, 3.05) is 5.32 Å². The van der Waals surface area contributed by atoms with E-state index in [4.69, 9.17) is 39.2 Å². The van der Waals surface area contributed by atoms with E-state index in [1.54, 1.807) is 48.5 Å². The number of nitrogens with one attached hydrogen (secondary N) is 1. The van der Waals surface area contributed by atoms with Crippen LogP contribution < -0.4 is 5.32 Å². The predicted octanol–water partition coefficient (Wildman–Crippen LogP) is 7.29. The summed E-state index contributed by atoms with van der Waals surface area (Å²) >= 11 is 18.5. The molecule has 0 aliphatic carbocycles. The van der Waals surface area contributed by atoms with Gasteiger partial charge in [0.25, 0.3) is 0 Å². The predicted molar refractivity (Wildman–Crippen MR) is 136 cm³/mol. The molecular weight excluding hydrogens is 495 g/mol. The SMILES string of the molecule is O=C(/C=C/c1ccc(-c2ccc(Cl)cc2Cl)o1)Nc1cc2nn(-c3ccccc3)nc2cc1Cl. The van der Waals surface area contributed by atoms with E-state index in [0.717, 1.165) is 5.69 Å². The fourth-order valence-corrected chi connectivity index (χ4v) is 4.03. The molecule has 9 heteroatoms. The number of furan rings is 1. The Labute approximate surface area is 209 Å². The lowest BCUT2D eigenvalue weighted by atomic mass is 10.2. The Morgan fingerprint density at radius 3 is 2.41 bits per heavy atom. The molecule has 34 heavy (non-hydrogen) atoms. The molecule has 2 heterocycles. The summed E-state index contributed by atoms with van der Waals surface area (Å²) in [6, 6.07) is 21.5. The number of carbonyl (C=O) groups excluding carboxylic acids is 1. The van der Waals surface area contributed by atoms with E-state index in [2.05, 4.69) is 15.5 Å². The van der Waals surface area contributed by atoms with Crippen LogP contribution in [0.15, 0.2) is 83.3 Å². The van der Waals surface area contributed by atoms with Crippen molar-refractivity contribution in [3.8, 4) is 17.0 Å². The van der Waals surface area contributed by atoms with E-state index < -0.39 is 0 Å². The number of para-hydroxylation sites is 1. The van der Waals surface area contributed by atoms with E-state index in [0.29, 0.717) is 48.9 Å². The van der Waals surface area contributed by atoms with Gasteiger partial charge >= 0.3 is 0 Å². The average Bonchev–Trinajstić information content (AvgIpc) is 3.45. The monoisotopic (exact) mass is 508 g/mol. The number of rotatable bonds is 5. The van der Waals surface area contributed by atoms with E-state index in [1.165, 1.54) is 10.9 Å². The standard InChI is InChI=1S/C25H15Cl3N4O2/c26-15-6-9-18(19(27)12-15)24-10-7-17(34-24)8-11-25(33)29-21-14-23-22(13-20(21)28)30-32(31-23)16-4-2-1-3-5-16/h1-14H,(H,29,33)/b11-8+. The summed E-state index contributed by atoms with van der Waals surface area (Å²) in [5.41, 5.74) is 3.17. The van der Waals surface area contributed by atoms with Crippen molar-refractivity contribution in [2.24, 2.45) is 0 Å². The van der Waals surface area contributed by atoms with E-state index in [9.17, 15) is 4.79 Å². The van der Waals surface area contributed by atoms with Gasteiger partial charge in [-0.15, -0.1) is 10.2 Å². The van der Waals surface area contributed by atoms with Crippen LogP contribution in [0.4, 0.5) is 5.69 Å². The quantitative estimate of drug-likeness (QED) is 0.252. The Hall–Kier alpha value is -3.58. The summed E-state index contributed by atoms with van der Waals surface area (Å²) in [5, 5.41) is 13.0. The zero-order chi connectivity index (χ0) is 23.7. The number of hydrogen-bond donors (Lipinski definition) is 1. The number of benzene rings is 3. The van der Waals surface area contributed by atoms with Crippen LogP contribution in [-0.2, 0) is 4.79 Å². The highest BCUT2D eigenvalue weighted by Gasteiger charge is 2.12. The number of carbonyl (C=O) groups is 1. The number of fused-ring (bicyclic) bond motifs is 1. The number of amides is 1. The van der Waals surface area contributed by atoms with E-state index >= 15 is 0 Å². The molecule has 0 unspecified atom stereocenters. The van der Waals surface area contributed by atoms with Gasteiger partial charge < -0.3 is 9.73 Å². The Kier molecular flexibility index (Phi) is 6.11. The maximum Gasteiger partial charge on any atom is 0.248 e. The lowest BCUT2D eigenvalue weighted by Gasteiger charge is -2.04. The third kappa shape index (κ3) is 4.70. The maximum absolute atomic E-state index is 12.5. The molecule has 0 radical (unpaired) electrons. The van der Waals surface area contributed by atoms with Gasteiger partial charge in [0.15, 0.2) is 0 Å². The van der Waals surface area contributed by atoms with Gasteiger partial charge in [0.2, 0.25) is 5.91 Å². The molecule has 1 amide bonds. The first-order chi connectivity index (χ1) is 16.5. The molecule has 5 rings (SSSR count). The van der Waals surface area contributed by atoms with E-state index in [1.807, 2.05) is 30.3 Å². The third-order valence-corrected chi connectivity index (χ3v) is 5.80. The van der Waals surface area contributed by atoms with Gasteiger partial charge in [-0.1, -0.05) is 53.0 Å². The van der Waals surface area contributed by atoms with Crippen LogP contribution in [0.1, 0.15) is 5.76 Å². The van der Waals surface area contributed by atoms with Gasteiger partial charge in [-0.2, -0.15) is 4.80 Å². The molecule has 6 nitrogen and oxygen atoms in total. The minimum atomic E-state index is -0.376. The van der Waals surface area contributed by atoms with Crippen LogP contribution in [0.5, 0.6) is 0 Å². The second kappa shape index (κ2) is 9.35. The highest BCUT2D eigenvalue weighted by atomic mass is 35.5. The number of halogens is 3. The van der Waals surface area contributed by atoms with Crippen LogP contribution in [0, 0.1) is 0 Å². The maximum atomic E-state index is 12.5. The average molecular weight is 510 g/mol. The van der Waals surface area contributed by atoms with Crippen LogP contribution in [0.25, 0.3) is 34.1 Å². The van der Waals surface area contributed by atoms with Crippen LogP contribution in [0.3, 0.4) is 0 Å². The zero-order valence-electron chi connectivity index (χ0n) is 17.4. The highest BCUT2D eigenvalue weighted by molar-refractivity contribution is 6.36. The third-order valence-electron chi connectivity index (χ3n) is 4.94. The van der Waals surface area contributed by atoms with Crippen molar-refractivity contribution in [2.45, 2.75) is 0 Å².